The van der Waals surface area contributed by atoms with Crippen molar-refractivity contribution in [3.8, 4) is 0 Å². The molecule has 0 saturated carbocycles. The van der Waals surface area contributed by atoms with E-state index >= 15 is 0 Å². The largest absolute Gasteiger partial charge is 0.329 e. The van der Waals surface area contributed by atoms with Gasteiger partial charge in [0.2, 0.25) is 5.95 Å². The first kappa shape index (κ1) is 15.2. The number of nitrogens with zero attached hydrogens (tertiary/aromatic N) is 3. The summed E-state index contributed by atoms with van der Waals surface area (Å²) in [6.45, 7) is 0. The molecule has 116 valence electrons. The lowest BCUT2D eigenvalue weighted by Gasteiger charge is -2.18. The van der Waals surface area contributed by atoms with Crippen LogP contribution in [0, 0.1) is 5.82 Å². The molecule has 23 heavy (non-hydrogen) atoms. The average molecular weight is 329 g/mol. The van der Waals surface area contributed by atoms with Crippen LogP contribution in [0.2, 0.25) is 5.02 Å². The van der Waals surface area contributed by atoms with Crippen LogP contribution in [0.5, 0.6) is 0 Å². The normalized spacial score (nSPS) is 10.4. The van der Waals surface area contributed by atoms with E-state index in [-0.39, 0.29) is 5.02 Å². The van der Waals surface area contributed by atoms with Crippen LogP contribution in [0.25, 0.3) is 0 Å². The first-order valence-corrected chi connectivity index (χ1v) is 7.35. The molecule has 0 aliphatic carbocycles. The third kappa shape index (κ3) is 3.57. The second-order valence-corrected chi connectivity index (χ2v) is 5.29. The molecule has 0 radical (unpaired) electrons. The lowest BCUT2D eigenvalue weighted by atomic mass is 10.3. The number of anilines is 4. The number of halogens is 2. The van der Waals surface area contributed by atoms with Crippen LogP contribution in [0.4, 0.5) is 27.5 Å². The molecule has 1 aromatic heterocycles. The molecule has 3 rings (SSSR count). The number of aromatic nitrogens is 2. The van der Waals surface area contributed by atoms with Crippen LogP contribution >= 0.6 is 11.6 Å². The Morgan fingerprint density at radius 2 is 1.87 bits per heavy atom. The zero-order chi connectivity index (χ0) is 16.2. The summed E-state index contributed by atoms with van der Waals surface area (Å²) in [7, 11) is 1.93. The Morgan fingerprint density at radius 1 is 1.09 bits per heavy atom. The quantitative estimate of drug-likeness (QED) is 0.748. The maximum atomic E-state index is 13.2. The van der Waals surface area contributed by atoms with Gasteiger partial charge in [-0.1, -0.05) is 29.8 Å². The van der Waals surface area contributed by atoms with Crippen molar-refractivity contribution < 1.29 is 4.39 Å². The fourth-order valence-electron chi connectivity index (χ4n) is 2.08. The second-order valence-electron chi connectivity index (χ2n) is 4.89. The molecular weight excluding hydrogens is 315 g/mol. The molecule has 3 aromatic rings. The molecular formula is C17H14ClFN4. The number of benzene rings is 2. The van der Waals surface area contributed by atoms with Crippen molar-refractivity contribution in [1.82, 2.24) is 9.97 Å². The smallest absolute Gasteiger partial charge is 0.229 e. The minimum atomic E-state index is -0.462. The van der Waals surface area contributed by atoms with Gasteiger partial charge in [0.15, 0.2) is 0 Å². The second kappa shape index (κ2) is 6.62. The molecule has 4 nitrogen and oxygen atoms in total. The van der Waals surface area contributed by atoms with Crippen molar-refractivity contribution in [3.05, 3.63) is 71.6 Å². The highest BCUT2D eigenvalue weighted by atomic mass is 35.5. The first-order chi connectivity index (χ1) is 11.1. The van der Waals surface area contributed by atoms with E-state index in [1.54, 1.807) is 12.3 Å². The fraction of sp³-hybridized carbons (Fsp3) is 0.0588. The molecule has 1 heterocycles. The number of para-hydroxylation sites is 1. The lowest BCUT2D eigenvalue weighted by Crippen LogP contribution is -2.12. The van der Waals surface area contributed by atoms with Gasteiger partial charge < -0.3 is 10.2 Å². The zero-order valence-electron chi connectivity index (χ0n) is 12.4. The van der Waals surface area contributed by atoms with Crippen molar-refractivity contribution in [1.29, 1.82) is 0 Å². The predicted molar refractivity (Wildman–Crippen MR) is 91.2 cm³/mol. The molecule has 1 N–H and O–H groups in total. The molecule has 0 spiro atoms. The Kier molecular flexibility index (Phi) is 4.39. The topological polar surface area (TPSA) is 41.1 Å². The highest BCUT2D eigenvalue weighted by molar-refractivity contribution is 6.31. The van der Waals surface area contributed by atoms with Crippen molar-refractivity contribution >= 4 is 34.7 Å². The van der Waals surface area contributed by atoms with E-state index in [0.717, 1.165) is 11.5 Å². The molecule has 2 aromatic carbocycles. The molecule has 0 bridgehead atoms. The summed E-state index contributed by atoms with van der Waals surface area (Å²) in [5.74, 6) is 0.686. The van der Waals surface area contributed by atoms with Crippen molar-refractivity contribution in [3.63, 3.8) is 0 Å². The Bertz CT molecular complexity index is 811. The van der Waals surface area contributed by atoms with E-state index in [1.165, 1.54) is 12.1 Å². The summed E-state index contributed by atoms with van der Waals surface area (Å²) in [4.78, 5) is 10.6. The molecule has 0 unspecified atom stereocenters. The average Bonchev–Trinajstić information content (AvgIpc) is 2.58. The summed E-state index contributed by atoms with van der Waals surface area (Å²) in [5, 5.41) is 3.07. The zero-order valence-corrected chi connectivity index (χ0v) is 13.1. The van der Waals surface area contributed by atoms with E-state index in [9.17, 15) is 4.39 Å². The Morgan fingerprint density at radius 3 is 2.61 bits per heavy atom. The Balaban J connectivity index is 1.83. The predicted octanol–water partition coefficient (Wildman–Crippen LogP) is 4.78. The SMILES string of the molecule is CN(c1ccccc1)c1ccnc(Nc2ccc(F)c(Cl)c2)n1. The van der Waals surface area contributed by atoms with Gasteiger partial charge in [-0.05, 0) is 36.4 Å². The molecule has 0 amide bonds. The van der Waals surface area contributed by atoms with E-state index in [4.69, 9.17) is 11.6 Å². The van der Waals surface area contributed by atoms with Crippen LogP contribution in [0.1, 0.15) is 0 Å². The monoisotopic (exact) mass is 328 g/mol. The minimum absolute atomic E-state index is 0.0487. The highest BCUT2D eigenvalue weighted by Gasteiger charge is 2.07. The van der Waals surface area contributed by atoms with Crippen LogP contribution < -0.4 is 10.2 Å². The number of hydrogen-bond acceptors (Lipinski definition) is 4. The van der Waals surface area contributed by atoms with Crippen LogP contribution in [0.15, 0.2) is 60.8 Å². The molecule has 0 saturated heterocycles. The van der Waals surface area contributed by atoms with Gasteiger partial charge in [-0.3, -0.25) is 0 Å². The van der Waals surface area contributed by atoms with Crippen LogP contribution in [-0.2, 0) is 0 Å². The van der Waals surface area contributed by atoms with Crippen molar-refractivity contribution in [2.24, 2.45) is 0 Å². The van der Waals surface area contributed by atoms with Gasteiger partial charge in [0.1, 0.15) is 11.6 Å². The molecule has 6 heteroatoms. The van der Waals surface area contributed by atoms with Crippen LogP contribution in [0.3, 0.4) is 0 Å². The van der Waals surface area contributed by atoms with Crippen molar-refractivity contribution in [2.45, 2.75) is 0 Å². The standard InChI is InChI=1S/C17H14ClFN4/c1-23(13-5-3-2-4-6-13)16-9-10-20-17(22-16)21-12-7-8-15(19)14(18)11-12/h2-11H,1H3,(H,20,21,22). The number of hydrogen-bond donors (Lipinski definition) is 1. The van der Waals surface area contributed by atoms with Gasteiger partial charge in [0, 0.05) is 24.6 Å². The summed E-state index contributed by atoms with van der Waals surface area (Å²) in [5.41, 5.74) is 1.64. The Labute approximate surface area is 138 Å². The third-order valence-corrected chi connectivity index (χ3v) is 3.59. The van der Waals surface area contributed by atoms with Crippen LogP contribution in [-0.4, -0.2) is 17.0 Å². The lowest BCUT2D eigenvalue weighted by molar-refractivity contribution is 0.628. The maximum absolute atomic E-state index is 13.2. The van der Waals surface area contributed by atoms with Gasteiger partial charge in [-0.15, -0.1) is 0 Å². The third-order valence-electron chi connectivity index (χ3n) is 3.30. The van der Waals surface area contributed by atoms with Gasteiger partial charge in [-0.25, -0.2) is 9.37 Å². The maximum Gasteiger partial charge on any atom is 0.229 e. The van der Waals surface area contributed by atoms with Gasteiger partial charge in [0.05, 0.1) is 5.02 Å². The Hall–Kier alpha value is -2.66. The van der Waals surface area contributed by atoms with E-state index < -0.39 is 5.82 Å². The van der Waals surface area contributed by atoms with E-state index in [1.807, 2.05) is 48.3 Å². The summed E-state index contributed by atoms with van der Waals surface area (Å²) >= 11 is 5.78. The fourth-order valence-corrected chi connectivity index (χ4v) is 2.26. The minimum Gasteiger partial charge on any atom is -0.329 e. The molecule has 0 atom stereocenters. The summed E-state index contributed by atoms with van der Waals surface area (Å²) in [6, 6.07) is 16.1. The molecule has 0 aliphatic heterocycles. The van der Waals surface area contributed by atoms with E-state index in [2.05, 4.69) is 15.3 Å². The molecule has 0 aliphatic rings. The van der Waals surface area contributed by atoms with E-state index in [0.29, 0.717) is 11.6 Å². The number of nitrogens with one attached hydrogen (secondary N) is 1. The first-order valence-electron chi connectivity index (χ1n) is 6.97. The van der Waals surface area contributed by atoms with Gasteiger partial charge >= 0.3 is 0 Å². The summed E-state index contributed by atoms with van der Waals surface area (Å²) in [6.07, 6.45) is 1.66. The van der Waals surface area contributed by atoms with Gasteiger partial charge in [0.25, 0.3) is 0 Å². The molecule has 0 fully saturated rings. The van der Waals surface area contributed by atoms with Gasteiger partial charge in [-0.2, -0.15) is 4.98 Å². The highest BCUT2D eigenvalue weighted by Crippen LogP contribution is 2.24. The van der Waals surface area contributed by atoms with Crippen molar-refractivity contribution in [2.75, 3.05) is 17.3 Å². The summed E-state index contributed by atoms with van der Waals surface area (Å²) < 4.78 is 13.2. The number of rotatable bonds is 4.